The van der Waals surface area contributed by atoms with Crippen molar-refractivity contribution in [2.24, 2.45) is 5.92 Å². The van der Waals surface area contributed by atoms with Crippen molar-refractivity contribution in [2.45, 2.75) is 50.5 Å². The summed E-state index contributed by atoms with van der Waals surface area (Å²) in [5.41, 5.74) is 0.701. The lowest BCUT2D eigenvalue weighted by molar-refractivity contribution is -0.170. The van der Waals surface area contributed by atoms with Crippen molar-refractivity contribution >= 4 is 46.5 Å². The molecule has 3 aromatic rings. The number of rotatable bonds is 16. The number of nitrogens with one attached hydrogen (secondary N) is 1. The van der Waals surface area contributed by atoms with Crippen LogP contribution in [0.2, 0.25) is 0 Å². The van der Waals surface area contributed by atoms with Crippen LogP contribution in [0.4, 0.5) is 0 Å². The van der Waals surface area contributed by atoms with Gasteiger partial charge in [-0.15, -0.1) is 11.3 Å². The van der Waals surface area contributed by atoms with Crippen LogP contribution in [0.3, 0.4) is 0 Å². The summed E-state index contributed by atoms with van der Waals surface area (Å²) < 4.78 is 28.9. The molecule has 4 heterocycles. The van der Waals surface area contributed by atoms with Gasteiger partial charge in [0.05, 0.1) is 20.8 Å². The van der Waals surface area contributed by atoms with Gasteiger partial charge in [-0.3, -0.25) is 10.2 Å². The number of carbonyl (C=O) groups is 2. The molecule has 12 heteroatoms. The van der Waals surface area contributed by atoms with Crippen LogP contribution in [0.25, 0.3) is 0 Å². The van der Waals surface area contributed by atoms with Crippen molar-refractivity contribution in [3.8, 4) is 11.5 Å². The minimum absolute atomic E-state index is 0.0614. The van der Waals surface area contributed by atoms with Crippen LogP contribution in [0.5, 0.6) is 11.5 Å². The summed E-state index contributed by atoms with van der Waals surface area (Å²) in [4.78, 5) is 31.4. The minimum Gasteiger partial charge on any atom is -0.493 e. The third kappa shape index (κ3) is 8.73. The maximum Gasteiger partial charge on any atom is 0.348 e. The number of allylic oxidation sites excluding steroid dienone is 2. The van der Waals surface area contributed by atoms with Crippen molar-refractivity contribution in [3.05, 3.63) is 104 Å². The fourth-order valence-electron chi connectivity index (χ4n) is 6.62. The Hall–Kier alpha value is -3.38. The lowest BCUT2D eigenvalue weighted by Crippen LogP contribution is -2.57. The molecule has 0 amide bonds. The second kappa shape index (κ2) is 17.2. The molecule has 268 valence electrons. The van der Waals surface area contributed by atoms with Crippen molar-refractivity contribution in [2.75, 3.05) is 47.6 Å². The van der Waals surface area contributed by atoms with E-state index in [1.807, 2.05) is 36.4 Å². The lowest BCUT2D eigenvalue weighted by Gasteiger charge is -2.45. The number of esters is 2. The Bertz CT molecular complexity index is 1680. The van der Waals surface area contributed by atoms with Crippen molar-refractivity contribution < 1.29 is 33.3 Å². The van der Waals surface area contributed by atoms with E-state index in [2.05, 4.69) is 16.8 Å². The average Bonchev–Trinajstić information content (AvgIpc) is 3.61. The third-order valence-corrected chi connectivity index (χ3v) is 10.9. The first-order valence-corrected chi connectivity index (χ1v) is 18.1. The van der Waals surface area contributed by atoms with Crippen LogP contribution in [0, 0.1) is 5.92 Å². The molecule has 0 spiro atoms. The summed E-state index contributed by atoms with van der Waals surface area (Å²) >= 11 is 13.9. The van der Waals surface area contributed by atoms with Gasteiger partial charge >= 0.3 is 11.9 Å². The maximum atomic E-state index is 14.2. The van der Waals surface area contributed by atoms with Gasteiger partial charge in [0.25, 0.3) is 0 Å². The number of ether oxygens (including phenoxy) is 5. The zero-order valence-electron chi connectivity index (χ0n) is 28.8. The Balaban J connectivity index is 1.36. The molecule has 1 unspecified atom stereocenters. The van der Waals surface area contributed by atoms with Gasteiger partial charge < -0.3 is 23.7 Å². The molecule has 9 nitrogen and oxygen atoms in total. The summed E-state index contributed by atoms with van der Waals surface area (Å²) in [6, 6.07) is 18.3. The zero-order chi connectivity index (χ0) is 35.8. The summed E-state index contributed by atoms with van der Waals surface area (Å²) in [6.45, 7) is 8.72. The molecule has 0 aliphatic carbocycles. The SMILES string of the molecule is C=C(Cl)/C(C[C@H](OC(=O)c1ccc(CNC(COC)(C(=O)O[C@H]2CN3CCC2CC3)c2ccccc2)s1)c1ccc(OC)c(OC)c1)=C(\C)Cl. The Morgan fingerprint density at radius 2 is 1.74 bits per heavy atom. The maximum absolute atomic E-state index is 14.2. The van der Waals surface area contributed by atoms with Gasteiger partial charge in [-0.05, 0) is 79.7 Å². The van der Waals surface area contributed by atoms with Crippen molar-refractivity contribution in [1.29, 1.82) is 0 Å². The van der Waals surface area contributed by atoms with Gasteiger partial charge in [-0.2, -0.15) is 0 Å². The predicted octanol–water partition coefficient (Wildman–Crippen LogP) is 7.59. The number of nitrogens with zero attached hydrogens (tertiary/aromatic N) is 1. The number of methoxy groups -OCH3 is 3. The number of hydrogen-bond donors (Lipinski definition) is 1. The van der Waals surface area contributed by atoms with E-state index in [0.717, 1.165) is 42.9 Å². The molecule has 3 atom stereocenters. The standard InChI is InChI=1S/C38H44Cl2N2O7S/c1-24(39)30(25(2)40)20-32(27-11-13-31(46-4)33(19-27)47-5)48-36(43)35-14-12-29(50-35)21-41-38(23-45-3,28-9-7-6-8-10-28)37(44)49-34-22-42-17-15-26(34)16-18-42/h6-14,19,26,32,34,41H,1,15-18,20-23H2,2-5H3/b30-25+/t32-,34-,38?/m0/s1. The van der Waals surface area contributed by atoms with Crippen LogP contribution in [-0.4, -0.2) is 70.5 Å². The van der Waals surface area contributed by atoms with Gasteiger partial charge in [0.1, 0.15) is 17.1 Å². The third-order valence-electron chi connectivity index (χ3n) is 9.42. The zero-order valence-corrected chi connectivity index (χ0v) is 31.2. The molecule has 0 radical (unpaired) electrons. The Morgan fingerprint density at radius 1 is 1.02 bits per heavy atom. The first-order chi connectivity index (χ1) is 24.1. The minimum atomic E-state index is -1.27. The normalized spacial score (nSPS) is 20.6. The molecular weight excluding hydrogens is 699 g/mol. The number of halogens is 2. The number of benzene rings is 2. The van der Waals surface area contributed by atoms with Crippen LogP contribution < -0.4 is 14.8 Å². The first-order valence-electron chi connectivity index (χ1n) is 16.5. The quantitative estimate of drug-likeness (QED) is 0.118. The molecule has 3 fully saturated rings. The van der Waals surface area contributed by atoms with E-state index < -0.39 is 17.6 Å². The highest BCUT2D eigenvalue weighted by atomic mass is 35.5. The predicted molar refractivity (Wildman–Crippen MR) is 196 cm³/mol. The Labute approximate surface area is 308 Å². The van der Waals surface area contributed by atoms with Crippen LogP contribution in [-0.2, 0) is 31.1 Å². The fourth-order valence-corrected chi connectivity index (χ4v) is 7.91. The molecule has 2 bridgehead atoms. The Morgan fingerprint density at radius 3 is 2.34 bits per heavy atom. The molecule has 3 aliphatic rings. The number of thiophene rings is 1. The van der Waals surface area contributed by atoms with E-state index in [4.69, 9.17) is 46.9 Å². The second-order valence-corrected chi connectivity index (χ2v) is 14.7. The van der Waals surface area contributed by atoms with E-state index >= 15 is 0 Å². The van der Waals surface area contributed by atoms with Crippen LogP contribution in [0.1, 0.15) is 58.0 Å². The number of carbonyl (C=O) groups excluding carboxylic acids is 2. The van der Waals surface area contributed by atoms with Gasteiger partial charge in [0.15, 0.2) is 17.0 Å². The van der Waals surface area contributed by atoms with E-state index in [-0.39, 0.29) is 36.7 Å². The first kappa shape index (κ1) is 37.9. The smallest absolute Gasteiger partial charge is 0.348 e. The largest absolute Gasteiger partial charge is 0.493 e. The highest BCUT2D eigenvalue weighted by Gasteiger charge is 2.45. The second-order valence-electron chi connectivity index (χ2n) is 12.5. The molecule has 3 saturated heterocycles. The molecular formula is C38H44Cl2N2O7S. The topological polar surface area (TPSA) is 95.6 Å². The van der Waals surface area contributed by atoms with E-state index in [0.29, 0.717) is 38.5 Å². The summed E-state index contributed by atoms with van der Waals surface area (Å²) in [5, 5.41) is 4.17. The van der Waals surface area contributed by atoms with Crippen molar-refractivity contribution in [3.63, 3.8) is 0 Å². The molecule has 3 aliphatic heterocycles. The fraction of sp³-hybridized carbons (Fsp3) is 0.421. The highest BCUT2D eigenvalue weighted by molar-refractivity contribution is 7.13. The average molecular weight is 744 g/mol. The van der Waals surface area contributed by atoms with Gasteiger partial charge in [0, 0.05) is 41.6 Å². The molecule has 0 saturated carbocycles. The number of fused-ring (bicyclic) bond motifs is 3. The van der Waals surface area contributed by atoms with Gasteiger partial charge in [-0.1, -0.05) is 66.2 Å². The highest BCUT2D eigenvalue weighted by Crippen LogP contribution is 2.38. The summed E-state index contributed by atoms with van der Waals surface area (Å²) in [5.74, 6) is 0.475. The van der Waals surface area contributed by atoms with Gasteiger partial charge in [-0.25, -0.2) is 9.59 Å². The van der Waals surface area contributed by atoms with Crippen LogP contribution >= 0.6 is 34.5 Å². The van der Waals surface area contributed by atoms with E-state index in [9.17, 15) is 9.59 Å². The molecule has 2 aromatic carbocycles. The monoisotopic (exact) mass is 742 g/mol. The van der Waals surface area contributed by atoms with Gasteiger partial charge in [0.2, 0.25) is 0 Å². The molecule has 6 rings (SSSR count). The summed E-state index contributed by atoms with van der Waals surface area (Å²) in [7, 11) is 4.66. The number of hydrogen-bond acceptors (Lipinski definition) is 10. The molecule has 50 heavy (non-hydrogen) atoms. The molecule has 1 N–H and O–H groups in total. The van der Waals surface area contributed by atoms with E-state index in [1.165, 1.54) is 18.4 Å². The van der Waals surface area contributed by atoms with Crippen LogP contribution in [0.15, 0.2) is 82.9 Å². The summed E-state index contributed by atoms with van der Waals surface area (Å²) in [6.07, 6.45) is 1.31. The molecule has 1 aromatic heterocycles. The Kier molecular flexibility index (Phi) is 13.0. The number of piperidine rings is 3. The lowest BCUT2D eigenvalue weighted by atomic mass is 9.85. The van der Waals surface area contributed by atoms with E-state index in [1.54, 1.807) is 45.4 Å². The van der Waals surface area contributed by atoms with Crippen molar-refractivity contribution in [1.82, 2.24) is 10.2 Å².